The monoisotopic (exact) mass is 263 g/mol. The molecular weight excluding hydrogens is 250 g/mol. The van der Waals surface area contributed by atoms with Gasteiger partial charge in [0.1, 0.15) is 5.01 Å². The van der Waals surface area contributed by atoms with Crippen molar-refractivity contribution in [3.63, 3.8) is 0 Å². The van der Waals surface area contributed by atoms with E-state index in [1.807, 2.05) is 31.2 Å². The Kier molecular flexibility index (Phi) is 3.40. The van der Waals surface area contributed by atoms with Crippen molar-refractivity contribution in [2.75, 3.05) is 5.32 Å². The summed E-state index contributed by atoms with van der Waals surface area (Å²) in [5, 5.41) is 4.21. The van der Waals surface area contributed by atoms with Crippen molar-refractivity contribution in [3.8, 4) is 10.6 Å². The Morgan fingerprint density at radius 3 is 2.76 bits per heavy atom. The van der Waals surface area contributed by atoms with Crippen molar-refractivity contribution in [1.29, 1.82) is 0 Å². The number of nitrogens with zero attached hydrogens (tertiary/aromatic N) is 1. The van der Waals surface area contributed by atoms with Crippen molar-refractivity contribution in [2.24, 2.45) is 5.73 Å². The number of anilines is 1. The molecule has 0 saturated heterocycles. The molecule has 2 aromatic rings. The number of thiazole rings is 1. The molecule has 1 heterocycles. The molecule has 0 fully saturated rings. The number of aromatic nitrogens is 1. The Morgan fingerprint density at radius 1 is 1.41 bits per heavy atom. The summed E-state index contributed by atoms with van der Waals surface area (Å²) in [4.78, 5) is 5.77. The molecule has 0 bridgehead atoms. The molecule has 5 heteroatoms. The molecule has 0 atom stereocenters. The van der Waals surface area contributed by atoms with Crippen molar-refractivity contribution in [3.05, 3.63) is 34.8 Å². The molecule has 0 aliphatic rings. The van der Waals surface area contributed by atoms with Gasteiger partial charge in [0.05, 0.1) is 5.69 Å². The third kappa shape index (κ3) is 2.81. The van der Waals surface area contributed by atoms with Gasteiger partial charge >= 0.3 is 0 Å². The van der Waals surface area contributed by atoms with Crippen LogP contribution in [0.4, 0.5) is 5.69 Å². The van der Waals surface area contributed by atoms with Gasteiger partial charge in [0.2, 0.25) is 0 Å². The van der Waals surface area contributed by atoms with E-state index in [1.165, 1.54) is 4.88 Å². The number of nitrogens with two attached hydrogens (primary N) is 1. The molecule has 0 aliphatic heterocycles. The quantitative estimate of drug-likeness (QED) is 0.818. The number of thiocarbonyl (C=S) groups is 1. The molecule has 0 aliphatic carbocycles. The average Bonchev–Trinajstić information content (AvgIpc) is 2.59. The fourth-order valence-corrected chi connectivity index (χ4v) is 2.50. The Balaban J connectivity index is 2.35. The lowest BCUT2D eigenvalue weighted by molar-refractivity contribution is 1.23. The second-order valence-electron chi connectivity index (χ2n) is 3.73. The van der Waals surface area contributed by atoms with Gasteiger partial charge in [0, 0.05) is 16.1 Å². The standard InChI is InChI=1S/C12H13N3S2/c1-7-8(2)17-11(14-7)9-4-3-5-10(6-9)15-12(13)16/h3-6H,1-2H3,(H3,13,15,16). The van der Waals surface area contributed by atoms with Crippen molar-refractivity contribution in [1.82, 2.24) is 4.98 Å². The first-order valence-electron chi connectivity index (χ1n) is 5.17. The fraction of sp³-hybridized carbons (Fsp3) is 0.167. The maximum absolute atomic E-state index is 5.45. The van der Waals surface area contributed by atoms with E-state index < -0.39 is 0 Å². The van der Waals surface area contributed by atoms with Gasteiger partial charge in [-0.05, 0) is 38.2 Å². The van der Waals surface area contributed by atoms with Crippen LogP contribution in [-0.4, -0.2) is 10.1 Å². The highest BCUT2D eigenvalue weighted by Crippen LogP contribution is 2.28. The van der Waals surface area contributed by atoms with Gasteiger partial charge in [-0.1, -0.05) is 12.1 Å². The van der Waals surface area contributed by atoms with E-state index >= 15 is 0 Å². The largest absolute Gasteiger partial charge is 0.376 e. The third-order valence-corrected chi connectivity index (χ3v) is 3.63. The average molecular weight is 263 g/mol. The number of aryl methyl sites for hydroxylation is 2. The Bertz CT molecular complexity index is 541. The highest BCUT2D eigenvalue weighted by molar-refractivity contribution is 7.80. The van der Waals surface area contributed by atoms with Crippen LogP contribution in [0, 0.1) is 13.8 Å². The molecule has 3 N–H and O–H groups in total. The molecule has 0 saturated carbocycles. The van der Waals surface area contributed by atoms with Gasteiger partial charge in [-0.3, -0.25) is 0 Å². The molecule has 3 nitrogen and oxygen atoms in total. The lowest BCUT2D eigenvalue weighted by Gasteiger charge is -2.04. The molecule has 0 unspecified atom stereocenters. The van der Waals surface area contributed by atoms with E-state index in [0.29, 0.717) is 0 Å². The molecular formula is C12H13N3S2. The molecule has 88 valence electrons. The zero-order chi connectivity index (χ0) is 12.4. The van der Waals surface area contributed by atoms with Crippen LogP contribution >= 0.6 is 23.6 Å². The first-order chi connectivity index (χ1) is 8.06. The smallest absolute Gasteiger partial charge is 0.168 e. The number of benzene rings is 1. The summed E-state index contributed by atoms with van der Waals surface area (Å²) >= 11 is 6.51. The number of nitrogens with one attached hydrogen (secondary N) is 1. The lowest BCUT2D eigenvalue weighted by Crippen LogP contribution is -2.18. The highest BCUT2D eigenvalue weighted by atomic mass is 32.1. The van der Waals surface area contributed by atoms with Crippen LogP contribution in [0.25, 0.3) is 10.6 Å². The topological polar surface area (TPSA) is 50.9 Å². The number of hydrogen-bond donors (Lipinski definition) is 2. The van der Waals surface area contributed by atoms with E-state index in [2.05, 4.69) is 17.2 Å². The maximum atomic E-state index is 5.45. The summed E-state index contributed by atoms with van der Waals surface area (Å²) in [6.07, 6.45) is 0. The minimum absolute atomic E-state index is 0.272. The van der Waals surface area contributed by atoms with Crippen LogP contribution < -0.4 is 11.1 Å². The third-order valence-electron chi connectivity index (χ3n) is 2.41. The molecule has 0 radical (unpaired) electrons. The van der Waals surface area contributed by atoms with Crippen LogP contribution in [-0.2, 0) is 0 Å². The second kappa shape index (κ2) is 4.81. The normalized spacial score (nSPS) is 10.2. The minimum Gasteiger partial charge on any atom is -0.376 e. The van der Waals surface area contributed by atoms with Crippen molar-refractivity contribution in [2.45, 2.75) is 13.8 Å². The Morgan fingerprint density at radius 2 is 2.18 bits per heavy atom. The first kappa shape index (κ1) is 12.0. The van der Waals surface area contributed by atoms with E-state index in [4.69, 9.17) is 18.0 Å². The van der Waals surface area contributed by atoms with Gasteiger partial charge in [-0.25, -0.2) is 4.98 Å². The molecule has 2 rings (SSSR count). The summed E-state index contributed by atoms with van der Waals surface area (Å²) in [5.74, 6) is 0. The van der Waals surface area contributed by atoms with Gasteiger partial charge in [-0.15, -0.1) is 11.3 Å². The summed E-state index contributed by atoms with van der Waals surface area (Å²) in [6, 6.07) is 7.91. The summed E-state index contributed by atoms with van der Waals surface area (Å²) in [6.45, 7) is 4.10. The highest BCUT2D eigenvalue weighted by Gasteiger charge is 2.06. The fourth-order valence-electron chi connectivity index (χ4n) is 1.47. The van der Waals surface area contributed by atoms with Crippen molar-refractivity contribution < 1.29 is 0 Å². The molecule has 1 aromatic carbocycles. The molecule has 0 amide bonds. The van der Waals surface area contributed by atoms with Crippen LogP contribution in [0.15, 0.2) is 24.3 Å². The summed E-state index contributed by atoms with van der Waals surface area (Å²) in [7, 11) is 0. The van der Waals surface area contributed by atoms with Gasteiger partial charge in [-0.2, -0.15) is 0 Å². The lowest BCUT2D eigenvalue weighted by atomic mass is 10.2. The zero-order valence-electron chi connectivity index (χ0n) is 9.65. The van der Waals surface area contributed by atoms with Gasteiger partial charge in [0.25, 0.3) is 0 Å². The van der Waals surface area contributed by atoms with E-state index in [1.54, 1.807) is 11.3 Å². The predicted molar refractivity (Wildman–Crippen MR) is 77.4 cm³/mol. The maximum Gasteiger partial charge on any atom is 0.168 e. The van der Waals surface area contributed by atoms with Crippen molar-refractivity contribution >= 4 is 34.4 Å². The minimum atomic E-state index is 0.272. The molecule has 0 spiro atoms. The van der Waals surface area contributed by atoms with Crippen LogP contribution in [0.2, 0.25) is 0 Å². The van der Waals surface area contributed by atoms with Crippen LogP contribution in [0.3, 0.4) is 0 Å². The Labute approximate surface area is 110 Å². The van der Waals surface area contributed by atoms with Gasteiger partial charge < -0.3 is 11.1 Å². The van der Waals surface area contributed by atoms with Crippen LogP contribution in [0.5, 0.6) is 0 Å². The van der Waals surface area contributed by atoms with E-state index in [-0.39, 0.29) is 5.11 Å². The first-order valence-corrected chi connectivity index (χ1v) is 6.39. The van der Waals surface area contributed by atoms with Crippen LogP contribution in [0.1, 0.15) is 10.6 Å². The molecule has 1 aromatic heterocycles. The SMILES string of the molecule is Cc1nc(-c2cccc(NC(N)=S)c2)sc1C. The Hall–Kier alpha value is -1.46. The van der Waals surface area contributed by atoms with Gasteiger partial charge in [0.15, 0.2) is 5.11 Å². The van der Waals surface area contributed by atoms with E-state index in [0.717, 1.165) is 22.0 Å². The predicted octanol–water partition coefficient (Wildman–Crippen LogP) is 3.08. The number of rotatable bonds is 2. The summed E-state index contributed by atoms with van der Waals surface area (Å²) < 4.78 is 0. The second-order valence-corrected chi connectivity index (χ2v) is 5.37. The van der Waals surface area contributed by atoms with E-state index in [9.17, 15) is 0 Å². The number of hydrogen-bond acceptors (Lipinski definition) is 3. The molecule has 17 heavy (non-hydrogen) atoms. The zero-order valence-corrected chi connectivity index (χ0v) is 11.3. The summed E-state index contributed by atoms with van der Waals surface area (Å²) in [5.41, 5.74) is 8.50.